The Labute approximate surface area is 372 Å². The van der Waals surface area contributed by atoms with E-state index in [0.29, 0.717) is 24.3 Å². The van der Waals surface area contributed by atoms with E-state index in [0.717, 1.165) is 63.3 Å². The maximum Gasteiger partial charge on any atom is 0.321 e. The van der Waals surface area contributed by atoms with E-state index in [9.17, 15) is 9.59 Å². The maximum absolute atomic E-state index is 14.4. The predicted octanol–water partition coefficient (Wildman–Crippen LogP) is 14.1. The molecule has 0 amide bonds. The van der Waals surface area contributed by atoms with Gasteiger partial charge in [0.2, 0.25) is 0 Å². The standard InChI is InChI=1S/C56H70O6/c1-15-35-52(8,9)61-47-31-25-43(26-32-47)56(14,41-21-19-18-20-22-41)42-23-29-46(30-24-42)59-51(58)54(12,16-2)55(13,17-3)62-49-34-28-45(37-40(49)7)53(10,11)44-27-33-48(39(6)36-44)60-50(57)38(4)5/h18-34,36-38H,15-17,35H2,1-14H3. The minimum absolute atomic E-state index is 0.204. The molecule has 0 aliphatic rings. The first kappa shape index (κ1) is 47.7. The highest BCUT2D eigenvalue weighted by molar-refractivity contribution is 5.80. The number of benzene rings is 5. The molecule has 5 rings (SSSR count). The Kier molecular flexibility index (Phi) is 14.6. The van der Waals surface area contributed by atoms with E-state index in [-0.39, 0.29) is 28.9 Å². The first-order valence-electron chi connectivity index (χ1n) is 22.4. The molecule has 0 radical (unpaired) electrons. The van der Waals surface area contributed by atoms with Crippen LogP contribution in [0.25, 0.3) is 0 Å². The van der Waals surface area contributed by atoms with E-state index >= 15 is 0 Å². The smallest absolute Gasteiger partial charge is 0.321 e. The molecule has 0 aliphatic carbocycles. The molecule has 62 heavy (non-hydrogen) atoms. The minimum atomic E-state index is -0.975. The summed E-state index contributed by atoms with van der Waals surface area (Å²) in [6.45, 7) is 28.8. The molecule has 3 atom stereocenters. The molecule has 0 fully saturated rings. The number of esters is 2. The maximum atomic E-state index is 14.4. The molecule has 0 saturated carbocycles. The van der Waals surface area contributed by atoms with Crippen LogP contribution >= 0.6 is 0 Å². The molecule has 0 spiro atoms. The number of hydrogen-bond donors (Lipinski definition) is 0. The van der Waals surface area contributed by atoms with Crippen molar-refractivity contribution in [3.05, 3.63) is 154 Å². The van der Waals surface area contributed by atoms with Crippen LogP contribution in [0.2, 0.25) is 0 Å². The number of carbonyl (C=O) groups is 2. The van der Waals surface area contributed by atoms with Gasteiger partial charge >= 0.3 is 11.9 Å². The Balaban J connectivity index is 1.36. The largest absolute Gasteiger partial charge is 0.488 e. The third-order valence-electron chi connectivity index (χ3n) is 13.5. The summed E-state index contributed by atoms with van der Waals surface area (Å²) in [6, 6.07) is 39.1. The lowest BCUT2D eigenvalue weighted by atomic mass is 9.70. The van der Waals surface area contributed by atoms with Crippen molar-refractivity contribution < 1.29 is 28.5 Å². The lowest BCUT2D eigenvalue weighted by Crippen LogP contribution is -2.54. The Morgan fingerprint density at radius 1 is 0.548 bits per heavy atom. The van der Waals surface area contributed by atoms with Crippen LogP contribution in [-0.4, -0.2) is 23.1 Å². The summed E-state index contributed by atoms with van der Waals surface area (Å²) in [4.78, 5) is 26.7. The van der Waals surface area contributed by atoms with Crippen LogP contribution in [0.5, 0.6) is 23.0 Å². The van der Waals surface area contributed by atoms with Crippen molar-refractivity contribution in [2.75, 3.05) is 0 Å². The quantitative estimate of drug-likeness (QED) is 0.0497. The van der Waals surface area contributed by atoms with Crippen LogP contribution in [0.1, 0.15) is 148 Å². The summed E-state index contributed by atoms with van der Waals surface area (Å²) < 4.78 is 25.2. The van der Waals surface area contributed by atoms with Crippen molar-refractivity contribution in [1.82, 2.24) is 0 Å². The van der Waals surface area contributed by atoms with Gasteiger partial charge < -0.3 is 18.9 Å². The zero-order chi connectivity index (χ0) is 45.7. The normalized spacial score (nSPS) is 14.9. The van der Waals surface area contributed by atoms with Crippen LogP contribution in [0.4, 0.5) is 0 Å². The molecular formula is C56H70O6. The Hall–Kier alpha value is -5.36. The van der Waals surface area contributed by atoms with Gasteiger partial charge in [-0.05, 0) is 143 Å². The summed E-state index contributed by atoms with van der Waals surface area (Å²) in [5, 5.41) is 0. The average Bonchev–Trinajstić information content (AvgIpc) is 3.24. The molecule has 6 heteroatoms. The number of ether oxygens (including phenoxy) is 4. The summed E-state index contributed by atoms with van der Waals surface area (Å²) in [5.41, 5.74) is 4.54. The second-order valence-corrected chi connectivity index (χ2v) is 19.1. The molecule has 5 aromatic rings. The van der Waals surface area contributed by atoms with Gasteiger partial charge in [-0.3, -0.25) is 9.59 Å². The van der Waals surface area contributed by atoms with Gasteiger partial charge in [-0.15, -0.1) is 0 Å². The lowest BCUT2D eigenvalue weighted by molar-refractivity contribution is -0.159. The molecule has 0 aromatic heterocycles. The van der Waals surface area contributed by atoms with Crippen molar-refractivity contribution in [2.45, 2.75) is 145 Å². The Morgan fingerprint density at radius 3 is 1.50 bits per heavy atom. The van der Waals surface area contributed by atoms with Crippen LogP contribution < -0.4 is 18.9 Å². The van der Waals surface area contributed by atoms with Crippen LogP contribution in [0.3, 0.4) is 0 Å². The average molecular weight is 839 g/mol. The van der Waals surface area contributed by atoms with Gasteiger partial charge in [0, 0.05) is 10.8 Å². The summed E-state index contributed by atoms with van der Waals surface area (Å²) in [6.07, 6.45) is 3.13. The molecule has 0 saturated heterocycles. The number of aryl methyl sites for hydroxylation is 2. The number of carbonyl (C=O) groups excluding carboxylic acids is 2. The highest BCUT2D eigenvalue weighted by Crippen LogP contribution is 2.45. The lowest BCUT2D eigenvalue weighted by Gasteiger charge is -2.44. The molecule has 0 aliphatic heterocycles. The van der Waals surface area contributed by atoms with Gasteiger partial charge in [0.25, 0.3) is 0 Å². The molecular weight excluding hydrogens is 769 g/mol. The van der Waals surface area contributed by atoms with E-state index in [4.69, 9.17) is 18.9 Å². The first-order chi connectivity index (χ1) is 29.1. The van der Waals surface area contributed by atoms with Crippen molar-refractivity contribution in [2.24, 2.45) is 11.3 Å². The first-order valence-corrected chi connectivity index (χ1v) is 22.4. The van der Waals surface area contributed by atoms with Gasteiger partial charge in [-0.25, -0.2) is 0 Å². The molecule has 3 unspecified atom stereocenters. The fourth-order valence-corrected chi connectivity index (χ4v) is 8.43. The topological polar surface area (TPSA) is 71.1 Å². The second-order valence-electron chi connectivity index (χ2n) is 19.1. The van der Waals surface area contributed by atoms with Gasteiger partial charge in [-0.2, -0.15) is 0 Å². The highest BCUT2D eigenvalue weighted by Gasteiger charge is 2.52. The Morgan fingerprint density at radius 2 is 1.03 bits per heavy atom. The molecule has 330 valence electrons. The summed E-state index contributed by atoms with van der Waals surface area (Å²) >= 11 is 0. The van der Waals surface area contributed by atoms with Gasteiger partial charge in [0.1, 0.15) is 39.6 Å². The predicted molar refractivity (Wildman–Crippen MR) is 253 cm³/mol. The highest BCUT2D eigenvalue weighted by atomic mass is 16.5. The number of rotatable bonds is 18. The fraction of sp³-hybridized carbons (Fsp3) is 0.429. The molecule has 6 nitrogen and oxygen atoms in total. The molecule has 0 heterocycles. The third-order valence-corrected chi connectivity index (χ3v) is 13.5. The van der Waals surface area contributed by atoms with Gasteiger partial charge in [0.15, 0.2) is 0 Å². The monoisotopic (exact) mass is 839 g/mol. The van der Waals surface area contributed by atoms with Crippen molar-refractivity contribution >= 4 is 11.9 Å². The van der Waals surface area contributed by atoms with Crippen LogP contribution in [-0.2, 0) is 20.4 Å². The van der Waals surface area contributed by atoms with Gasteiger partial charge in [-0.1, -0.05) is 134 Å². The van der Waals surface area contributed by atoms with Crippen molar-refractivity contribution in [3.63, 3.8) is 0 Å². The summed E-state index contributed by atoms with van der Waals surface area (Å²) in [5.74, 6) is 1.86. The molecule has 0 bridgehead atoms. The van der Waals surface area contributed by atoms with E-state index in [1.54, 1.807) is 0 Å². The number of hydrogen-bond acceptors (Lipinski definition) is 6. The Bertz CT molecular complexity index is 2310. The van der Waals surface area contributed by atoms with Crippen molar-refractivity contribution in [1.29, 1.82) is 0 Å². The van der Waals surface area contributed by atoms with Crippen LogP contribution in [0, 0.1) is 25.2 Å². The minimum Gasteiger partial charge on any atom is -0.488 e. The van der Waals surface area contributed by atoms with Crippen molar-refractivity contribution in [3.8, 4) is 23.0 Å². The second kappa shape index (κ2) is 18.9. The van der Waals surface area contributed by atoms with Gasteiger partial charge in [0.05, 0.1) is 5.92 Å². The SMILES string of the molecule is CCCC(C)(C)Oc1ccc(C(C)(c2ccccc2)c2ccc(OC(=O)C(C)(CC)C(C)(CC)Oc3ccc(C(C)(C)c4ccc(OC(=O)C(C)C)c(C)c4)cc3C)cc2)cc1. The van der Waals surface area contributed by atoms with E-state index in [1.165, 1.54) is 0 Å². The van der Waals surface area contributed by atoms with Crippen LogP contribution in [0.15, 0.2) is 115 Å². The molecule has 0 N–H and O–H groups in total. The third kappa shape index (κ3) is 9.96. The van der Waals surface area contributed by atoms with E-state index in [2.05, 4.69) is 127 Å². The molecule has 5 aromatic carbocycles. The fourth-order valence-electron chi connectivity index (χ4n) is 8.43. The van der Waals surface area contributed by atoms with E-state index in [1.807, 2.05) is 84.9 Å². The zero-order valence-electron chi connectivity index (χ0n) is 39.8. The van der Waals surface area contributed by atoms with E-state index < -0.39 is 16.4 Å². The summed E-state index contributed by atoms with van der Waals surface area (Å²) in [7, 11) is 0. The zero-order valence-corrected chi connectivity index (χ0v) is 39.8.